The van der Waals surface area contributed by atoms with Crippen LogP contribution >= 0.6 is 0 Å². The van der Waals surface area contributed by atoms with E-state index in [0.29, 0.717) is 0 Å². The van der Waals surface area contributed by atoms with E-state index in [1.54, 1.807) is 18.2 Å². The molecule has 0 unspecified atom stereocenters. The maximum atomic E-state index is 13.5. The molecular formula is C18H12F5NO3. The number of carbonyl (C=O) groups excluding carboxylic acids is 2. The lowest BCUT2D eigenvalue weighted by Gasteiger charge is -2.09. The predicted molar refractivity (Wildman–Crippen MR) is 86.0 cm³/mol. The minimum atomic E-state index is -2.35. The lowest BCUT2D eigenvalue weighted by molar-refractivity contribution is -0.142. The van der Waals surface area contributed by atoms with Crippen LogP contribution in [0.4, 0.5) is 27.6 Å². The summed E-state index contributed by atoms with van der Waals surface area (Å²) in [6.07, 6.45) is 2.45. The third-order valence-electron chi connectivity index (χ3n) is 3.41. The Morgan fingerprint density at radius 1 is 0.963 bits per heavy atom. The Morgan fingerprint density at radius 3 is 2.11 bits per heavy atom. The van der Waals surface area contributed by atoms with Crippen molar-refractivity contribution in [3.8, 4) is 0 Å². The highest BCUT2D eigenvalue weighted by Gasteiger charge is 2.26. The van der Waals surface area contributed by atoms with Gasteiger partial charge in [-0.2, -0.15) is 0 Å². The van der Waals surface area contributed by atoms with Crippen molar-refractivity contribution in [2.45, 2.75) is 6.92 Å². The fourth-order valence-corrected chi connectivity index (χ4v) is 2.01. The van der Waals surface area contributed by atoms with E-state index in [0.717, 1.165) is 17.2 Å². The fourth-order valence-electron chi connectivity index (χ4n) is 2.01. The van der Waals surface area contributed by atoms with Crippen molar-refractivity contribution in [3.05, 3.63) is 70.6 Å². The Kier molecular flexibility index (Phi) is 6.27. The van der Waals surface area contributed by atoms with E-state index in [1.807, 2.05) is 13.0 Å². The van der Waals surface area contributed by atoms with E-state index in [1.165, 1.54) is 11.4 Å². The van der Waals surface area contributed by atoms with Crippen LogP contribution in [0.15, 0.2) is 30.3 Å². The minimum Gasteiger partial charge on any atom is -0.452 e. The molecule has 142 valence electrons. The second-order valence-corrected chi connectivity index (χ2v) is 5.29. The van der Waals surface area contributed by atoms with E-state index in [9.17, 15) is 31.5 Å². The number of aryl methyl sites for hydroxylation is 1. The molecule has 0 bridgehead atoms. The first-order valence-corrected chi connectivity index (χ1v) is 7.44. The molecule has 0 aliphatic carbocycles. The third kappa shape index (κ3) is 4.69. The summed E-state index contributed by atoms with van der Waals surface area (Å²) < 4.78 is 70.5. The van der Waals surface area contributed by atoms with Gasteiger partial charge < -0.3 is 10.1 Å². The molecule has 0 saturated heterocycles. The number of rotatable bonds is 5. The van der Waals surface area contributed by atoms with Gasteiger partial charge in [-0.15, -0.1) is 0 Å². The zero-order valence-corrected chi connectivity index (χ0v) is 13.8. The molecule has 0 aliphatic rings. The molecule has 0 aliphatic heterocycles. The number of amides is 1. The molecule has 9 heteroatoms. The highest BCUT2D eigenvalue weighted by molar-refractivity contribution is 5.94. The maximum Gasteiger partial charge on any atom is 0.331 e. The van der Waals surface area contributed by atoms with Crippen molar-refractivity contribution >= 4 is 23.6 Å². The van der Waals surface area contributed by atoms with Crippen molar-refractivity contribution < 1.29 is 36.3 Å². The topological polar surface area (TPSA) is 55.4 Å². The van der Waals surface area contributed by atoms with Crippen LogP contribution in [0.3, 0.4) is 0 Å². The number of anilines is 1. The summed E-state index contributed by atoms with van der Waals surface area (Å²) in [4.78, 5) is 23.1. The number of carbonyl (C=O) groups is 2. The van der Waals surface area contributed by atoms with Crippen LogP contribution < -0.4 is 5.32 Å². The number of hydrogen-bond acceptors (Lipinski definition) is 3. The van der Waals surface area contributed by atoms with E-state index in [-0.39, 0.29) is 0 Å². The predicted octanol–water partition coefficient (Wildman–Crippen LogP) is 3.89. The summed E-state index contributed by atoms with van der Waals surface area (Å²) in [5, 5.41) is 1.49. The van der Waals surface area contributed by atoms with Crippen LogP contribution in [-0.4, -0.2) is 18.5 Å². The largest absolute Gasteiger partial charge is 0.452 e. The van der Waals surface area contributed by atoms with Gasteiger partial charge in [0.1, 0.15) is 5.69 Å². The summed E-state index contributed by atoms with van der Waals surface area (Å²) >= 11 is 0. The summed E-state index contributed by atoms with van der Waals surface area (Å²) in [5.74, 6) is -13.4. The zero-order valence-electron chi connectivity index (χ0n) is 13.8. The molecule has 0 spiro atoms. The molecule has 1 amide bonds. The Labute approximate surface area is 150 Å². The summed E-state index contributed by atoms with van der Waals surface area (Å²) in [7, 11) is 0. The van der Waals surface area contributed by atoms with Gasteiger partial charge in [-0.1, -0.05) is 24.3 Å². The molecule has 4 nitrogen and oxygen atoms in total. The second kappa shape index (κ2) is 8.43. The number of benzene rings is 2. The molecule has 0 heterocycles. The molecule has 0 atom stereocenters. The monoisotopic (exact) mass is 385 g/mol. The first kappa shape index (κ1) is 20.1. The Bertz CT molecular complexity index is 898. The van der Waals surface area contributed by atoms with Gasteiger partial charge in [0, 0.05) is 6.08 Å². The van der Waals surface area contributed by atoms with Crippen LogP contribution in [0.5, 0.6) is 0 Å². The van der Waals surface area contributed by atoms with E-state index >= 15 is 0 Å². The molecule has 27 heavy (non-hydrogen) atoms. The van der Waals surface area contributed by atoms with Crippen LogP contribution in [0.2, 0.25) is 0 Å². The lowest BCUT2D eigenvalue weighted by atomic mass is 10.1. The molecule has 0 saturated carbocycles. The molecule has 2 rings (SSSR count). The average molecular weight is 385 g/mol. The Hall–Kier alpha value is -3.23. The van der Waals surface area contributed by atoms with Crippen molar-refractivity contribution in [1.29, 1.82) is 0 Å². The lowest BCUT2D eigenvalue weighted by Crippen LogP contribution is -2.22. The maximum absolute atomic E-state index is 13.5. The minimum absolute atomic E-state index is 0.723. The molecule has 0 fully saturated rings. The SMILES string of the molecule is Cc1ccccc1/C=C/C(=O)OCC(=O)Nc1c(F)c(F)c(F)c(F)c1F. The van der Waals surface area contributed by atoms with Gasteiger partial charge in [0.15, 0.2) is 29.9 Å². The first-order chi connectivity index (χ1) is 12.7. The van der Waals surface area contributed by atoms with Crippen molar-refractivity contribution in [3.63, 3.8) is 0 Å². The summed E-state index contributed by atoms with van der Waals surface area (Å²) in [6, 6.07) is 7.09. The number of esters is 1. The molecule has 2 aromatic carbocycles. The zero-order chi connectivity index (χ0) is 20.1. The molecule has 0 radical (unpaired) electrons. The van der Waals surface area contributed by atoms with Gasteiger partial charge in [-0.3, -0.25) is 4.79 Å². The Balaban J connectivity index is 1.99. The van der Waals surface area contributed by atoms with Crippen LogP contribution in [0, 0.1) is 36.0 Å². The first-order valence-electron chi connectivity index (χ1n) is 7.44. The molecule has 2 aromatic rings. The van der Waals surface area contributed by atoms with Crippen molar-refractivity contribution in [1.82, 2.24) is 0 Å². The highest BCUT2D eigenvalue weighted by Crippen LogP contribution is 2.27. The smallest absolute Gasteiger partial charge is 0.331 e. The second-order valence-electron chi connectivity index (χ2n) is 5.29. The third-order valence-corrected chi connectivity index (χ3v) is 3.41. The van der Waals surface area contributed by atoms with Gasteiger partial charge in [0.05, 0.1) is 0 Å². The van der Waals surface area contributed by atoms with Crippen LogP contribution in [0.1, 0.15) is 11.1 Å². The molecule has 0 aromatic heterocycles. The normalized spacial score (nSPS) is 10.9. The van der Waals surface area contributed by atoms with Crippen LogP contribution in [-0.2, 0) is 14.3 Å². The quantitative estimate of drug-likeness (QED) is 0.279. The fraction of sp³-hybridized carbons (Fsp3) is 0.111. The van der Waals surface area contributed by atoms with Crippen molar-refractivity contribution in [2.24, 2.45) is 0 Å². The highest BCUT2D eigenvalue weighted by atomic mass is 19.2. The van der Waals surface area contributed by atoms with E-state index in [2.05, 4.69) is 4.74 Å². The van der Waals surface area contributed by atoms with Gasteiger partial charge in [0.2, 0.25) is 5.82 Å². The standard InChI is InChI=1S/C18H12F5NO3/c1-9-4-2-3-5-10(9)6-7-12(26)27-8-11(25)24-18-16(22)14(20)13(19)15(21)17(18)23/h2-7H,8H2,1H3,(H,24,25)/b7-6+. The van der Waals surface area contributed by atoms with E-state index < -0.39 is 53.3 Å². The van der Waals surface area contributed by atoms with Gasteiger partial charge in [0.25, 0.3) is 5.91 Å². The van der Waals surface area contributed by atoms with Gasteiger partial charge in [-0.25, -0.2) is 26.7 Å². The Morgan fingerprint density at radius 2 is 1.52 bits per heavy atom. The summed E-state index contributed by atoms with van der Waals surface area (Å²) in [6.45, 7) is 0.818. The number of ether oxygens (including phenoxy) is 1. The summed E-state index contributed by atoms with van der Waals surface area (Å²) in [5.41, 5.74) is 0.0776. The van der Waals surface area contributed by atoms with Gasteiger partial charge in [-0.05, 0) is 24.1 Å². The van der Waals surface area contributed by atoms with Crippen molar-refractivity contribution in [2.75, 3.05) is 11.9 Å². The van der Waals surface area contributed by atoms with Gasteiger partial charge >= 0.3 is 5.97 Å². The number of halogens is 5. The number of hydrogen-bond donors (Lipinski definition) is 1. The molecular weight excluding hydrogens is 373 g/mol. The molecule has 1 N–H and O–H groups in total. The van der Waals surface area contributed by atoms with E-state index in [4.69, 9.17) is 0 Å². The van der Waals surface area contributed by atoms with Crippen LogP contribution in [0.25, 0.3) is 6.08 Å². The average Bonchev–Trinajstić information content (AvgIpc) is 2.66. The number of nitrogens with one attached hydrogen (secondary N) is 1.